The minimum atomic E-state index is -2.23. The molecule has 0 aliphatic heterocycles. The number of fused-ring (bicyclic) bond motifs is 3. The SMILES string of the molecule is CCCCCCCCC(CCCC)CC1(CC(CCCC)CCCCCCCC)c2c[c]([Sn]([CH3])([CH3])[CH3])sc2-c2s[c]([Sn]([CH3])([CH3])[CH3])cc21. The van der Waals surface area contributed by atoms with Gasteiger partial charge in [-0.15, -0.1) is 0 Å². The van der Waals surface area contributed by atoms with E-state index >= 15 is 0 Å². The van der Waals surface area contributed by atoms with Crippen molar-refractivity contribution in [3.8, 4) is 9.75 Å². The summed E-state index contributed by atoms with van der Waals surface area (Å²) in [5.74, 6) is 1.73. The van der Waals surface area contributed by atoms with Gasteiger partial charge in [0, 0.05) is 0 Å². The van der Waals surface area contributed by atoms with E-state index in [0.717, 1.165) is 11.8 Å². The maximum atomic E-state index is 2.85. The summed E-state index contributed by atoms with van der Waals surface area (Å²) in [5.41, 5.74) is 3.91. The van der Waals surface area contributed by atoms with Crippen LogP contribution in [0.2, 0.25) is 29.6 Å². The van der Waals surface area contributed by atoms with Gasteiger partial charge in [0.1, 0.15) is 0 Å². The average molecular weight is 897 g/mol. The molecule has 0 amide bonds. The molecule has 0 bridgehead atoms. The standard InChI is InChI=1S/C37H60S2.6CH3.2Sn/c1-5-9-13-15-17-19-23-31(21-11-7-3)29-37(33-25-27-38-35(33)36-34(37)26-28-39-36)30-32(22-12-8-4)24-20-18-16-14-10-6-2;;;;;;;;/h25-26,31-32H,5-24,29-30H2,1-4H3;6*1H3;;. The van der Waals surface area contributed by atoms with Gasteiger partial charge < -0.3 is 0 Å². The molecule has 1 aliphatic rings. The molecule has 2 unspecified atom stereocenters. The molecule has 2 atom stereocenters. The van der Waals surface area contributed by atoms with E-state index in [1.54, 1.807) is 9.75 Å². The van der Waals surface area contributed by atoms with Crippen LogP contribution in [0.5, 0.6) is 0 Å². The summed E-state index contributed by atoms with van der Waals surface area (Å²) in [5, 5.41) is 0. The van der Waals surface area contributed by atoms with Crippen molar-refractivity contribution < 1.29 is 0 Å². The zero-order chi connectivity index (χ0) is 34.5. The second-order valence-electron chi connectivity index (χ2n) is 17.8. The first-order chi connectivity index (χ1) is 22.4. The monoisotopic (exact) mass is 898 g/mol. The Morgan fingerprint density at radius 3 is 1.13 bits per heavy atom. The first-order valence-electron chi connectivity index (χ1n) is 20.7. The quantitative estimate of drug-likeness (QED) is 0.0652. The second-order valence-corrected chi connectivity index (χ2v) is 50.8. The number of thiophene rings is 2. The van der Waals surface area contributed by atoms with Gasteiger partial charge in [0.25, 0.3) is 0 Å². The second kappa shape index (κ2) is 20.9. The van der Waals surface area contributed by atoms with Gasteiger partial charge in [-0.3, -0.25) is 0 Å². The van der Waals surface area contributed by atoms with Crippen molar-refractivity contribution in [2.24, 2.45) is 11.8 Å². The first kappa shape index (κ1) is 42.4. The summed E-state index contributed by atoms with van der Waals surface area (Å²) in [4.78, 5) is 19.5. The Balaban J connectivity index is 2.08. The predicted octanol–water partition coefficient (Wildman–Crippen LogP) is 15.1. The molecule has 3 rings (SSSR count). The van der Waals surface area contributed by atoms with E-state index in [0.29, 0.717) is 0 Å². The van der Waals surface area contributed by atoms with Crippen molar-refractivity contribution in [1.82, 2.24) is 0 Å². The topological polar surface area (TPSA) is 0 Å². The van der Waals surface area contributed by atoms with E-state index in [4.69, 9.17) is 0 Å². The van der Waals surface area contributed by atoms with Crippen molar-refractivity contribution in [2.45, 2.75) is 204 Å². The fraction of sp³-hybridized carbons (Fsp3) is 0.814. The number of hydrogen-bond donors (Lipinski definition) is 0. The van der Waals surface area contributed by atoms with Crippen LogP contribution in [0.1, 0.15) is 180 Å². The summed E-state index contributed by atoms with van der Waals surface area (Å²) in [6.45, 7) is 9.55. The van der Waals surface area contributed by atoms with Crippen molar-refractivity contribution in [2.75, 3.05) is 0 Å². The van der Waals surface area contributed by atoms with Crippen molar-refractivity contribution in [3.05, 3.63) is 23.3 Å². The molecule has 47 heavy (non-hydrogen) atoms. The Morgan fingerprint density at radius 1 is 0.468 bits per heavy atom. The van der Waals surface area contributed by atoms with Crippen LogP contribution in [0, 0.1) is 11.8 Å². The molecular formula is C43H78S2Sn2. The Kier molecular flexibility index (Phi) is 18.8. The van der Waals surface area contributed by atoms with E-state index in [1.165, 1.54) is 141 Å². The fourth-order valence-corrected chi connectivity index (χ4v) is 21.4. The Labute approximate surface area is 311 Å². The minimum absolute atomic E-state index is 0.254. The Hall–Kier alpha value is 0.997. The van der Waals surface area contributed by atoms with Crippen LogP contribution in [0.4, 0.5) is 0 Å². The van der Waals surface area contributed by atoms with Gasteiger partial charge in [0.15, 0.2) is 0 Å². The predicted molar refractivity (Wildman–Crippen MR) is 226 cm³/mol. The number of unbranched alkanes of at least 4 members (excludes halogenated alkanes) is 12. The first-order valence-corrected chi connectivity index (χ1v) is 42.3. The van der Waals surface area contributed by atoms with Crippen molar-refractivity contribution in [1.29, 1.82) is 0 Å². The molecule has 0 saturated heterocycles. The van der Waals surface area contributed by atoms with E-state index in [2.05, 4.69) is 92.1 Å². The molecule has 0 N–H and O–H groups in total. The molecule has 4 heteroatoms. The summed E-state index contributed by atoms with van der Waals surface area (Å²) in [7, 11) is 0. The third-order valence-corrected chi connectivity index (χ3v) is 32.6. The molecule has 0 saturated carbocycles. The Morgan fingerprint density at radius 2 is 0.787 bits per heavy atom. The normalized spacial score (nSPS) is 15.6. The van der Waals surface area contributed by atoms with Crippen molar-refractivity contribution in [3.63, 3.8) is 0 Å². The van der Waals surface area contributed by atoms with Crippen LogP contribution in [-0.4, -0.2) is 36.8 Å². The molecular weight excluding hydrogens is 818 g/mol. The molecule has 2 aromatic rings. The van der Waals surface area contributed by atoms with E-state index in [1.807, 2.05) is 16.9 Å². The van der Waals surface area contributed by atoms with Crippen LogP contribution in [0.15, 0.2) is 12.1 Å². The molecule has 2 heterocycles. The molecule has 2 aromatic heterocycles. The van der Waals surface area contributed by atoms with Gasteiger partial charge in [0.05, 0.1) is 0 Å². The van der Waals surface area contributed by atoms with Crippen LogP contribution < -0.4 is 5.79 Å². The molecule has 1 aliphatic carbocycles. The number of hydrogen-bond acceptors (Lipinski definition) is 2. The van der Waals surface area contributed by atoms with Crippen molar-refractivity contribution >= 4 is 65.2 Å². The Bertz CT molecular complexity index is 1050. The van der Waals surface area contributed by atoms with Gasteiger partial charge in [-0.25, -0.2) is 0 Å². The van der Waals surface area contributed by atoms with Gasteiger partial charge in [-0.1, -0.05) is 26.7 Å². The molecule has 0 fully saturated rings. The molecule has 0 aromatic carbocycles. The van der Waals surface area contributed by atoms with Crippen LogP contribution in [0.3, 0.4) is 0 Å². The maximum absolute atomic E-state index is 2.85. The molecule has 0 spiro atoms. The van der Waals surface area contributed by atoms with Gasteiger partial charge in [0.2, 0.25) is 0 Å². The summed E-state index contributed by atoms with van der Waals surface area (Å²) < 4.78 is 3.66. The molecule has 270 valence electrons. The summed E-state index contributed by atoms with van der Waals surface area (Å²) in [6, 6.07) is 5.71. The zero-order valence-corrected chi connectivity index (χ0v) is 40.5. The zero-order valence-electron chi connectivity index (χ0n) is 33.2. The summed E-state index contributed by atoms with van der Waals surface area (Å²) in [6.07, 6.45) is 31.3. The third-order valence-electron chi connectivity index (χ3n) is 11.3. The van der Waals surface area contributed by atoms with E-state index in [-0.39, 0.29) is 5.41 Å². The van der Waals surface area contributed by atoms with Crippen LogP contribution in [-0.2, 0) is 5.41 Å². The van der Waals surface area contributed by atoms with Gasteiger partial charge >= 0.3 is 287 Å². The third kappa shape index (κ3) is 12.6. The van der Waals surface area contributed by atoms with Gasteiger partial charge in [-0.05, 0) is 0 Å². The molecule has 0 nitrogen and oxygen atoms in total. The molecule has 0 radical (unpaired) electrons. The van der Waals surface area contributed by atoms with E-state index in [9.17, 15) is 0 Å². The average Bonchev–Trinajstić information content (AvgIpc) is 3.71. The van der Waals surface area contributed by atoms with Crippen LogP contribution in [0.25, 0.3) is 9.75 Å². The number of rotatable bonds is 26. The summed E-state index contributed by atoms with van der Waals surface area (Å²) >= 11 is 0.0954. The van der Waals surface area contributed by atoms with Gasteiger partial charge in [-0.2, -0.15) is 0 Å². The fourth-order valence-electron chi connectivity index (χ4n) is 8.33. The van der Waals surface area contributed by atoms with Crippen LogP contribution >= 0.6 is 22.7 Å². The van der Waals surface area contributed by atoms with E-state index < -0.39 is 36.8 Å².